The summed E-state index contributed by atoms with van der Waals surface area (Å²) in [6.45, 7) is 11.2. The summed E-state index contributed by atoms with van der Waals surface area (Å²) in [7, 11) is -3.51. The van der Waals surface area contributed by atoms with Crippen LogP contribution < -0.4 is 21.1 Å². The van der Waals surface area contributed by atoms with Crippen LogP contribution in [0, 0.1) is 31.6 Å². The molecule has 39 heavy (non-hydrogen) atoms. The molecule has 2 aliphatic carbocycles. The Labute approximate surface area is 236 Å². The second-order valence-corrected chi connectivity index (χ2v) is 15.2. The summed E-state index contributed by atoms with van der Waals surface area (Å²) < 4.78 is 37.1. The number of hydrogen-bond acceptors (Lipinski definition) is 7. The van der Waals surface area contributed by atoms with Gasteiger partial charge in [-0.1, -0.05) is 38.5 Å². The fraction of sp³-hybridized carbons (Fsp3) is 0.800. The van der Waals surface area contributed by atoms with Crippen molar-refractivity contribution >= 4 is 10.0 Å². The van der Waals surface area contributed by atoms with E-state index in [2.05, 4.69) is 66.1 Å². The molecular weight excluding hydrogens is 510 g/mol. The molecule has 2 saturated carbocycles. The fourth-order valence-corrected chi connectivity index (χ4v) is 9.29. The first-order valence-electron chi connectivity index (χ1n) is 15.3. The van der Waals surface area contributed by atoms with Gasteiger partial charge in [-0.2, -0.15) is 4.72 Å². The molecule has 2 aliphatic heterocycles. The molecule has 8 nitrogen and oxygen atoms in total. The summed E-state index contributed by atoms with van der Waals surface area (Å²) in [6, 6.07) is 7.17. The lowest BCUT2D eigenvalue weighted by Crippen LogP contribution is -2.64. The van der Waals surface area contributed by atoms with Gasteiger partial charge in [0.05, 0.1) is 11.9 Å². The van der Waals surface area contributed by atoms with Gasteiger partial charge in [0.25, 0.3) is 0 Å². The van der Waals surface area contributed by atoms with Crippen LogP contribution in [0.3, 0.4) is 0 Å². The van der Waals surface area contributed by atoms with Gasteiger partial charge in [-0.25, -0.2) is 8.42 Å². The van der Waals surface area contributed by atoms with Gasteiger partial charge in [0.1, 0.15) is 12.5 Å². The van der Waals surface area contributed by atoms with Gasteiger partial charge in [0, 0.05) is 31.1 Å². The van der Waals surface area contributed by atoms with Gasteiger partial charge >= 0.3 is 0 Å². The van der Waals surface area contributed by atoms with E-state index in [1.165, 1.54) is 16.7 Å². The summed E-state index contributed by atoms with van der Waals surface area (Å²) in [4.78, 5) is 2.71. The number of nitrogens with two attached hydrogens (primary N) is 1. The minimum atomic E-state index is -3.51. The molecule has 0 radical (unpaired) electrons. The molecule has 4 bridgehead atoms. The summed E-state index contributed by atoms with van der Waals surface area (Å²) in [6.07, 6.45) is 6.79. The Bertz CT molecular complexity index is 1060. The smallest absolute Gasteiger partial charge is 0.216 e. The number of aryl methyl sites for hydroxylation is 2. The molecule has 5 N–H and O–H groups in total. The zero-order chi connectivity index (χ0) is 27.7. The van der Waals surface area contributed by atoms with Crippen LogP contribution in [0.25, 0.3) is 0 Å². The van der Waals surface area contributed by atoms with Crippen molar-refractivity contribution in [3.63, 3.8) is 0 Å². The van der Waals surface area contributed by atoms with E-state index in [1.54, 1.807) is 0 Å². The topological polar surface area (TPSA) is 109 Å². The van der Waals surface area contributed by atoms with E-state index in [1.807, 2.05) is 0 Å². The lowest BCUT2D eigenvalue weighted by Gasteiger charge is -2.48. The minimum absolute atomic E-state index is 0.00835. The first-order chi connectivity index (χ1) is 18.6. The standard InChI is InChI=1S/C30H51N5O3S/c1-19(2)11-25-18-38-28-15-27(29-20(3)7-5-8-21(29)4)32-30(33-28)34-39(36,37)26-10-6-9-22(14-26)17-35(25)24-12-23(13-24)16-31/h5,7-8,19,22-28,30,32-34H,6,9-18,31H2,1-4H3/t22?,23?,24?,25-,26?,27?,28?,30?/m1/s1. The number of benzene rings is 1. The molecule has 2 saturated heterocycles. The van der Waals surface area contributed by atoms with Gasteiger partial charge < -0.3 is 10.5 Å². The van der Waals surface area contributed by atoms with E-state index in [0.717, 1.165) is 64.5 Å². The first kappa shape index (κ1) is 29.4. The van der Waals surface area contributed by atoms with E-state index >= 15 is 0 Å². The number of nitrogens with zero attached hydrogens (tertiary/aromatic N) is 1. The van der Waals surface area contributed by atoms with Crippen molar-refractivity contribution in [1.29, 1.82) is 0 Å². The Morgan fingerprint density at radius 1 is 1.08 bits per heavy atom. The minimum Gasteiger partial charge on any atom is -0.362 e. The molecular formula is C30H51N5O3S. The van der Waals surface area contributed by atoms with Crippen molar-refractivity contribution < 1.29 is 13.2 Å². The SMILES string of the molecule is Cc1cccc(C)c1C1CC2NC(N1)NS(=O)(=O)C1CCCC(C1)CN(C1CC(CN)C1)[C@H](CC(C)C)CO2. The number of ether oxygens (including phenoxy) is 1. The van der Waals surface area contributed by atoms with Crippen molar-refractivity contribution in [1.82, 2.24) is 20.3 Å². The molecule has 5 rings (SSSR count). The van der Waals surface area contributed by atoms with Crippen LogP contribution >= 0.6 is 0 Å². The monoisotopic (exact) mass is 561 g/mol. The molecule has 1 aromatic carbocycles. The number of fused-ring (bicyclic) bond motifs is 4. The third-order valence-corrected chi connectivity index (χ3v) is 11.6. The maximum Gasteiger partial charge on any atom is 0.216 e. The normalized spacial score (nSPS) is 37.8. The molecule has 0 spiro atoms. The van der Waals surface area contributed by atoms with E-state index in [-0.39, 0.29) is 17.5 Å². The van der Waals surface area contributed by atoms with Crippen LogP contribution in [0.4, 0.5) is 0 Å². The molecule has 0 amide bonds. The van der Waals surface area contributed by atoms with Gasteiger partial charge in [-0.05, 0) is 93.4 Å². The van der Waals surface area contributed by atoms with Crippen LogP contribution in [-0.4, -0.2) is 62.9 Å². The van der Waals surface area contributed by atoms with Gasteiger partial charge in [0.2, 0.25) is 10.0 Å². The Kier molecular flexibility index (Phi) is 9.38. The lowest BCUT2D eigenvalue weighted by molar-refractivity contribution is -0.0663. The van der Waals surface area contributed by atoms with Crippen LogP contribution in [-0.2, 0) is 14.8 Å². The Morgan fingerprint density at radius 3 is 2.51 bits per heavy atom. The molecule has 4 aliphatic rings. The van der Waals surface area contributed by atoms with Crippen LogP contribution in [0.1, 0.15) is 87.9 Å². The molecule has 5 unspecified atom stereocenters. The molecule has 4 fully saturated rings. The second-order valence-electron chi connectivity index (χ2n) is 13.2. The maximum absolute atomic E-state index is 13.7. The number of nitrogens with one attached hydrogen (secondary N) is 3. The molecule has 6 atom stereocenters. The summed E-state index contributed by atoms with van der Waals surface area (Å²) >= 11 is 0. The van der Waals surface area contributed by atoms with Crippen LogP contribution in [0.5, 0.6) is 0 Å². The largest absolute Gasteiger partial charge is 0.362 e. The average molecular weight is 562 g/mol. The highest BCUT2D eigenvalue weighted by atomic mass is 32.2. The van der Waals surface area contributed by atoms with Crippen molar-refractivity contribution in [3.05, 3.63) is 34.9 Å². The summed E-state index contributed by atoms with van der Waals surface area (Å²) in [5.74, 6) is 1.54. The Balaban J connectivity index is 1.46. The molecule has 220 valence electrons. The lowest BCUT2D eigenvalue weighted by atomic mass is 9.77. The molecule has 9 heteroatoms. The fourth-order valence-electron chi connectivity index (χ4n) is 7.63. The maximum atomic E-state index is 13.7. The van der Waals surface area contributed by atoms with Gasteiger partial charge in [-0.15, -0.1) is 0 Å². The average Bonchev–Trinajstić information content (AvgIpc) is 2.85. The van der Waals surface area contributed by atoms with E-state index in [0.29, 0.717) is 36.4 Å². The molecule has 2 heterocycles. The Morgan fingerprint density at radius 2 is 1.82 bits per heavy atom. The molecule has 0 aromatic heterocycles. The predicted molar refractivity (Wildman–Crippen MR) is 156 cm³/mol. The zero-order valence-corrected chi connectivity index (χ0v) is 25.2. The van der Waals surface area contributed by atoms with E-state index < -0.39 is 16.3 Å². The number of hydrogen-bond donors (Lipinski definition) is 4. The summed E-state index contributed by atoms with van der Waals surface area (Å²) in [5.41, 5.74) is 9.68. The van der Waals surface area contributed by atoms with E-state index in [9.17, 15) is 8.42 Å². The van der Waals surface area contributed by atoms with Crippen molar-refractivity contribution in [2.24, 2.45) is 23.5 Å². The van der Waals surface area contributed by atoms with Gasteiger partial charge in [0.15, 0.2) is 0 Å². The van der Waals surface area contributed by atoms with Crippen LogP contribution in [0.2, 0.25) is 0 Å². The molecule has 1 aromatic rings. The highest BCUT2D eigenvalue weighted by Crippen LogP contribution is 2.37. The van der Waals surface area contributed by atoms with E-state index in [4.69, 9.17) is 10.5 Å². The first-order valence-corrected chi connectivity index (χ1v) is 16.8. The van der Waals surface area contributed by atoms with Crippen molar-refractivity contribution in [3.8, 4) is 0 Å². The predicted octanol–water partition coefficient (Wildman–Crippen LogP) is 3.50. The van der Waals surface area contributed by atoms with Gasteiger partial charge in [-0.3, -0.25) is 15.5 Å². The zero-order valence-electron chi connectivity index (χ0n) is 24.4. The van der Waals surface area contributed by atoms with Crippen LogP contribution in [0.15, 0.2) is 18.2 Å². The number of sulfonamides is 1. The highest BCUT2D eigenvalue weighted by Gasteiger charge is 2.42. The number of rotatable bonds is 5. The second kappa shape index (κ2) is 12.4. The third kappa shape index (κ3) is 6.88. The van der Waals surface area contributed by atoms with Crippen molar-refractivity contribution in [2.75, 3.05) is 19.7 Å². The quantitative estimate of drug-likeness (QED) is 0.436. The summed E-state index contributed by atoms with van der Waals surface area (Å²) in [5, 5.41) is 6.68. The Hall–Kier alpha value is -1.07. The highest BCUT2D eigenvalue weighted by molar-refractivity contribution is 7.90. The third-order valence-electron chi connectivity index (χ3n) is 9.70. The van der Waals surface area contributed by atoms with Crippen molar-refractivity contribution in [2.45, 2.75) is 115 Å².